The fraction of sp³-hybridized carbons (Fsp3) is 0.455. The van der Waals surface area contributed by atoms with Crippen LogP contribution < -0.4 is 11.1 Å². The highest BCUT2D eigenvalue weighted by Gasteiger charge is 2.20. The SMILES string of the molecule is CC(C)(CCN)NC(=O)c1ccc(F)cn1. The molecule has 3 N–H and O–H groups in total. The van der Waals surface area contributed by atoms with Gasteiger partial charge in [-0.05, 0) is 38.9 Å². The molecule has 0 aliphatic heterocycles. The van der Waals surface area contributed by atoms with E-state index >= 15 is 0 Å². The number of carbonyl (C=O) groups is 1. The standard InChI is InChI=1S/C11H16FN3O/c1-11(2,5-6-13)15-10(16)9-4-3-8(12)7-14-9/h3-4,7H,5-6,13H2,1-2H3,(H,15,16). The van der Waals surface area contributed by atoms with Gasteiger partial charge in [-0.15, -0.1) is 0 Å². The molecule has 0 atom stereocenters. The highest BCUT2D eigenvalue weighted by molar-refractivity contribution is 5.92. The Morgan fingerprint density at radius 3 is 2.75 bits per heavy atom. The van der Waals surface area contributed by atoms with Gasteiger partial charge in [-0.3, -0.25) is 4.79 Å². The van der Waals surface area contributed by atoms with E-state index in [4.69, 9.17) is 5.73 Å². The molecule has 1 aromatic rings. The highest BCUT2D eigenvalue weighted by atomic mass is 19.1. The normalized spacial score (nSPS) is 11.2. The largest absolute Gasteiger partial charge is 0.346 e. The number of nitrogens with zero attached hydrogens (tertiary/aromatic N) is 1. The van der Waals surface area contributed by atoms with Gasteiger partial charge in [-0.1, -0.05) is 0 Å². The predicted molar refractivity (Wildman–Crippen MR) is 59.4 cm³/mol. The Morgan fingerprint density at radius 2 is 2.25 bits per heavy atom. The summed E-state index contributed by atoms with van der Waals surface area (Å²) in [5, 5.41) is 2.79. The van der Waals surface area contributed by atoms with E-state index in [9.17, 15) is 9.18 Å². The number of nitrogens with one attached hydrogen (secondary N) is 1. The highest BCUT2D eigenvalue weighted by Crippen LogP contribution is 2.08. The molecule has 0 bridgehead atoms. The molecule has 0 aliphatic rings. The topological polar surface area (TPSA) is 68.0 Å². The van der Waals surface area contributed by atoms with Crippen molar-refractivity contribution in [2.24, 2.45) is 5.73 Å². The zero-order chi connectivity index (χ0) is 12.2. The molecule has 0 radical (unpaired) electrons. The van der Waals surface area contributed by atoms with E-state index < -0.39 is 5.82 Å². The van der Waals surface area contributed by atoms with Crippen molar-refractivity contribution >= 4 is 5.91 Å². The van der Waals surface area contributed by atoms with E-state index in [0.717, 1.165) is 6.20 Å². The average Bonchev–Trinajstić information content (AvgIpc) is 2.17. The zero-order valence-electron chi connectivity index (χ0n) is 9.46. The van der Waals surface area contributed by atoms with Gasteiger partial charge in [0, 0.05) is 5.54 Å². The van der Waals surface area contributed by atoms with Crippen LogP contribution in [-0.4, -0.2) is 23.0 Å². The van der Waals surface area contributed by atoms with Crippen LogP contribution in [0.4, 0.5) is 4.39 Å². The Labute approximate surface area is 94.1 Å². The molecule has 5 heteroatoms. The molecular formula is C11H16FN3O. The first-order valence-corrected chi connectivity index (χ1v) is 5.09. The van der Waals surface area contributed by atoms with E-state index in [1.807, 2.05) is 13.8 Å². The average molecular weight is 225 g/mol. The van der Waals surface area contributed by atoms with Crippen LogP contribution in [0.25, 0.3) is 0 Å². The lowest BCUT2D eigenvalue weighted by Crippen LogP contribution is -2.45. The molecule has 0 spiro atoms. The molecular weight excluding hydrogens is 209 g/mol. The van der Waals surface area contributed by atoms with Crippen LogP contribution in [-0.2, 0) is 0 Å². The first-order valence-electron chi connectivity index (χ1n) is 5.09. The van der Waals surface area contributed by atoms with Gasteiger partial charge in [-0.2, -0.15) is 0 Å². The smallest absolute Gasteiger partial charge is 0.270 e. The Balaban J connectivity index is 2.69. The molecule has 0 aliphatic carbocycles. The summed E-state index contributed by atoms with van der Waals surface area (Å²) in [6, 6.07) is 2.56. The van der Waals surface area contributed by atoms with Gasteiger partial charge >= 0.3 is 0 Å². The Bertz CT molecular complexity index is 362. The third-order valence-corrected chi connectivity index (χ3v) is 2.18. The van der Waals surface area contributed by atoms with Crippen molar-refractivity contribution in [3.63, 3.8) is 0 Å². The molecule has 0 aromatic carbocycles. The van der Waals surface area contributed by atoms with Crippen molar-refractivity contribution in [2.75, 3.05) is 6.54 Å². The maximum atomic E-state index is 12.6. The Morgan fingerprint density at radius 1 is 1.56 bits per heavy atom. The first-order chi connectivity index (χ1) is 7.44. The molecule has 0 fully saturated rings. The third kappa shape index (κ3) is 3.58. The second-order valence-corrected chi connectivity index (χ2v) is 4.24. The van der Waals surface area contributed by atoms with Crippen molar-refractivity contribution < 1.29 is 9.18 Å². The van der Waals surface area contributed by atoms with Crippen LogP contribution in [0.3, 0.4) is 0 Å². The molecule has 1 heterocycles. The summed E-state index contributed by atoms with van der Waals surface area (Å²) in [5.41, 5.74) is 5.25. The van der Waals surface area contributed by atoms with Gasteiger partial charge < -0.3 is 11.1 Å². The van der Waals surface area contributed by atoms with Gasteiger partial charge in [-0.25, -0.2) is 9.37 Å². The third-order valence-electron chi connectivity index (χ3n) is 2.18. The number of nitrogens with two attached hydrogens (primary N) is 1. The minimum Gasteiger partial charge on any atom is -0.346 e. The Kier molecular flexibility index (Phi) is 3.95. The van der Waals surface area contributed by atoms with E-state index in [1.165, 1.54) is 12.1 Å². The van der Waals surface area contributed by atoms with Crippen LogP contribution in [0.15, 0.2) is 18.3 Å². The van der Waals surface area contributed by atoms with Gasteiger partial charge in [0.15, 0.2) is 0 Å². The maximum absolute atomic E-state index is 12.6. The monoisotopic (exact) mass is 225 g/mol. The quantitative estimate of drug-likeness (QED) is 0.805. The number of hydrogen-bond acceptors (Lipinski definition) is 3. The molecule has 0 saturated carbocycles. The van der Waals surface area contributed by atoms with E-state index in [2.05, 4.69) is 10.3 Å². The van der Waals surface area contributed by atoms with Crippen LogP contribution in [0, 0.1) is 5.82 Å². The summed E-state index contributed by atoms with van der Waals surface area (Å²) in [7, 11) is 0. The number of halogens is 1. The number of aromatic nitrogens is 1. The number of rotatable bonds is 4. The number of carbonyl (C=O) groups excluding carboxylic acids is 1. The van der Waals surface area contributed by atoms with E-state index in [-0.39, 0.29) is 17.1 Å². The second-order valence-electron chi connectivity index (χ2n) is 4.24. The lowest BCUT2D eigenvalue weighted by molar-refractivity contribution is 0.0905. The molecule has 0 unspecified atom stereocenters. The minimum atomic E-state index is -0.460. The second kappa shape index (κ2) is 5.03. The maximum Gasteiger partial charge on any atom is 0.270 e. The summed E-state index contributed by atoms with van der Waals surface area (Å²) in [4.78, 5) is 15.4. The first kappa shape index (κ1) is 12.6. The van der Waals surface area contributed by atoms with Crippen LogP contribution in [0.2, 0.25) is 0 Å². The lowest BCUT2D eigenvalue weighted by Gasteiger charge is -2.25. The minimum absolute atomic E-state index is 0.200. The zero-order valence-corrected chi connectivity index (χ0v) is 9.46. The molecule has 1 amide bonds. The molecule has 1 aromatic heterocycles. The molecule has 4 nitrogen and oxygen atoms in total. The van der Waals surface area contributed by atoms with E-state index in [1.54, 1.807) is 0 Å². The van der Waals surface area contributed by atoms with Crippen LogP contribution in [0.5, 0.6) is 0 Å². The fourth-order valence-corrected chi connectivity index (χ4v) is 1.30. The predicted octanol–water partition coefficient (Wildman–Crippen LogP) is 1.08. The van der Waals surface area contributed by atoms with Gasteiger partial charge in [0.2, 0.25) is 0 Å². The Hall–Kier alpha value is -1.49. The number of hydrogen-bond donors (Lipinski definition) is 2. The summed E-state index contributed by atoms with van der Waals surface area (Å²) in [6.45, 7) is 4.24. The van der Waals surface area contributed by atoms with Crippen molar-refractivity contribution in [2.45, 2.75) is 25.8 Å². The lowest BCUT2D eigenvalue weighted by atomic mass is 10.0. The number of pyridine rings is 1. The molecule has 1 rings (SSSR count). The summed E-state index contributed by atoms with van der Waals surface area (Å²) < 4.78 is 12.6. The van der Waals surface area contributed by atoms with Gasteiger partial charge in [0.1, 0.15) is 11.5 Å². The number of amides is 1. The van der Waals surface area contributed by atoms with E-state index in [0.29, 0.717) is 13.0 Å². The van der Waals surface area contributed by atoms with Gasteiger partial charge in [0.05, 0.1) is 6.20 Å². The summed E-state index contributed by atoms with van der Waals surface area (Å²) in [5.74, 6) is -0.781. The summed E-state index contributed by atoms with van der Waals surface area (Å²) >= 11 is 0. The van der Waals surface area contributed by atoms with Crippen LogP contribution >= 0.6 is 0 Å². The van der Waals surface area contributed by atoms with Crippen molar-refractivity contribution in [1.29, 1.82) is 0 Å². The molecule has 88 valence electrons. The fourth-order valence-electron chi connectivity index (χ4n) is 1.30. The van der Waals surface area contributed by atoms with Gasteiger partial charge in [0.25, 0.3) is 5.91 Å². The van der Waals surface area contributed by atoms with Crippen molar-refractivity contribution in [1.82, 2.24) is 10.3 Å². The summed E-state index contributed by atoms with van der Waals surface area (Å²) in [6.07, 6.45) is 1.69. The van der Waals surface area contributed by atoms with Crippen molar-refractivity contribution in [3.8, 4) is 0 Å². The molecule has 16 heavy (non-hydrogen) atoms. The van der Waals surface area contributed by atoms with Crippen LogP contribution in [0.1, 0.15) is 30.8 Å². The van der Waals surface area contributed by atoms with Crippen molar-refractivity contribution in [3.05, 3.63) is 29.8 Å². The molecule has 0 saturated heterocycles.